The first-order valence-electron chi connectivity index (χ1n) is 7.95. The van der Waals surface area contributed by atoms with Gasteiger partial charge in [-0.3, -0.25) is 0 Å². The molecule has 0 aliphatic heterocycles. The van der Waals surface area contributed by atoms with Crippen LogP contribution in [0, 0.1) is 6.92 Å². The second kappa shape index (κ2) is 5.76. The number of imidazole rings is 1. The predicted molar refractivity (Wildman–Crippen MR) is 94.4 cm³/mol. The number of aromatic nitrogens is 3. The Morgan fingerprint density at radius 3 is 2.26 bits per heavy atom. The van der Waals surface area contributed by atoms with Crippen molar-refractivity contribution >= 4 is 10.8 Å². The van der Waals surface area contributed by atoms with Crippen LogP contribution in [0.5, 0.6) is 0 Å². The Labute approximate surface area is 135 Å². The standard InChI is InChI=1S/C20H19N3/c1-15-19(22-20(21-15)16-7-3-2-4-8-16)11-12-23-13-17-9-5-6-10-18(17)14-23/h2-10,13-14H,11-12H2,1H3,(H,21,22). The fraction of sp³-hybridized carbons (Fsp3) is 0.150. The van der Waals surface area contributed by atoms with E-state index in [4.69, 9.17) is 4.98 Å². The Hall–Kier alpha value is -2.81. The van der Waals surface area contributed by atoms with Crippen molar-refractivity contribution in [3.05, 3.63) is 78.4 Å². The number of hydrogen-bond acceptors (Lipinski definition) is 1. The van der Waals surface area contributed by atoms with Crippen molar-refractivity contribution in [2.24, 2.45) is 0 Å². The third-order valence-corrected chi connectivity index (χ3v) is 4.25. The molecular formula is C20H19N3. The third kappa shape index (κ3) is 2.78. The maximum atomic E-state index is 4.78. The molecule has 114 valence electrons. The number of aromatic amines is 1. The molecule has 0 aliphatic rings. The van der Waals surface area contributed by atoms with E-state index in [9.17, 15) is 0 Å². The molecule has 2 aromatic carbocycles. The molecule has 0 amide bonds. The topological polar surface area (TPSA) is 33.6 Å². The number of rotatable bonds is 4. The molecule has 4 aromatic rings. The van der Waals surface area contributed by atoms with Crippen LogP contribution in [0.25, 0.3) is 22.2 Å². The number of nitrogens with one attached hydrogen (secondary N) is 1. The molecule has 0 fully saturated rings. The lowest BCUT2D eigenvalue weighted by molar-refractivity contribution is 0.692. The quantitative estimate of drug-likeness (QED) is 0.588. The van der Waals surface area contributed by atoms with Gasteiger partial charge in [0.15, 0.2) is 0 Å². The van der Waals surface area contributed by atoms with E-state index in [0.29, 0.717) is 0 Å². The summed E-state index contributed by atoms with van der Waals surface area (Å²) >= 11 is 0. The largest absolute Gasteiger partial charge is 0.353 e. The predicted octanol–water partition coefficient (Wildman–Crippen LogP) is 4.58. The molecule has 0 spiro atoms. The van der Waals surface area contributed by atoms with Crippen molar-refractivity contribution in [1.82, 2.24) is 14.5 Å². The number of aryl methyl sites for hydroxylation is 3. The summed E-state index contributed by atoms with van der Waals surface area (Å²) in [5.74, 6) is 0.954. The molecule has 1 N–H and O–H groups in total. The summed E-state index contributed by atoms with van der Waals surface area (Å²) in [6, 6.07) is 18.7. The van der Waals surface area contributed by atoms with E-state index in [1.54, 1.807) is 0 Å². The molecule has 0 saturated heterocycles. The Morgan fingerprint density at radius 2 is 1.57 bits per heavy atom. The van der Waals surface area contributed by atoms with Gasteiger partial charge in [0.1, 0.15) is 5.82 Å². The van der Waals surface area contributed by atoms with Gasteiger partial charge in [0.25, 0.3) is 0 Å². The average Bonchev–Trinajstić information content (AvgIpc) is 3.16. The highest BCUT2D eigenvalue weighted by Gasteiger charge is 2.08. The van der Waals surface area contributed by atoms with E-state index in [1.807, 2.05) is 18.2 Å². The minimum Gasteiger partial charge on any atom is -0.353 e. The minimum absolute atomic E-state index is 0.927. The Bertz CT molecular complexity index is 899. The van der Waals surface area contributed by atoms with Gasteiger partial charge in [-0.25, -0.2) is 4.98 Å². The lowest BCUT2D eigenvalue weighted by atomic mass is 10.2. The summed E-state index contributed by atoms with van der Waals surface area (Å²) in [4.78, 5) is 8.18. The van der Waals surface area contributed by atoms with E-state index >= 15 is 0 Å². The first-order chi connectivity index (χ1) is 11.3. The SMILES string of the molecule is Cc1[nH]c(-c2ccccc2)nc1CCn1cc2ccccc2c1. The van der Waals surface area contributed by atoms with Gasteiger partial charge < -0.3 is 9.55 Å². The van der Waals surface area contributed by atoms with Crippen LogP contribution in [0.1, 0.15) is 11.4 Å². The molecule has 3 heteroatoms. The molecule has 3 nitrogen and oxygen atoms in total. The summed E-state index contributed by atoms with van der Waals surface area (Å²) in [5.41, 5.74) is 3.43. The highest BCUT2D eigenvalue weighted by atomic mass is 15.0. The van der Waals surface area contributed by atoms with E-state index in [-0.39, 0.29) is 0 Å². The van der Waals surface area contributed by atoms with Crippen LogP contribution in [0.2, 0.25) is 0 Å². The Balaban J connectivity index is 1.54. The number of benzene rings is 2. The summed E-state index contributed by atoms with van der Waals surface area (Å²) in [5, 5.41) is 2.58. The Morgan fingerprint density at radius 1 is 0.913 bits per heavy atom. The average molecular weight is 301 g/mol. The van der Waals surface area contributed by atoms with Crippen LogP contribution in [-0.2, 0) is 13.0 Å². The van der Waals surface area contributed by atoms with Crippen molar-refractivity contribution in [2.75, 3.05) is 0 Å². The number of H-pyrrole nitrogens is 1. The fourth-order valence-electron chi connectivity index (χ4n) is 2.98. The van der Waals surface area contributed by atoms with Gasteiger partial charge in [-0.1, -0.05) is 54.6 Å². The van der Waals surface area contributed by atoms with Gasteiger partial charge in [0, 0.05) is 36.6 Å². The summed E-state index contributed by atoms with van der Waals surface area (Å²) < 4.78 is 2.25. The van der Waals surface area contributed by atoms with Gasteiger partial charge in [-0.05, 0) is 17.7 Å². The van der Waals surface area contributed by atoms with Crippen molar-refractivity contribution < 1.29 is 0 Å². The summed E-state index contributed by atoms with van der Waals surface area (Å²) in [6.07, 6.45) is 5.33. The molecule has 0 unspecified atom stereocenters. The normalized spacial score (nSPS) is 11.2. The van der Waals surface area contributed by atoms with Crippen molar-refractivity contribution in [3.8, 4) is 11.4 Å². The van der Waals surface area contributed by atoms with Crippen LogP contribution in [0.4, 0.5) is 0 Å². The lowest BCUT2D eigenvalue weighted by Gasteiger charge is -2.01. The molecule has 0 radical (unpaired) electrons. The number of fused-ring (bicyclic) bond motifs is 1. The van der Waals surface area contributed by atoms with Crippen molar-refractivity contribution in [2.45, 2.75) is 19.9 Å². The zero-order valence-corrected chi connectivity index (χ0v) is 13.2. The molecule has 2 aromatic heterocycles. The van der Waals surface area contributed by atoms with E-state index in [2.05, 4.69) is 65.3 Å². The van der Waals surface area contributed by atoms with Gasteiger partial charge >= 0.3 is 0 Å². The lowest BCUT2D eigenvalue weighted by Crippen LogP contribution is -1.99. The van der Waals surface area contributed by atoms with Crippen LogP contribution in [-0.4, -0.2) is 14.5 Å². The van der Waals surface area contributed by atoms with E-state index in [1.165, 1.54) is 10.8 Å². The van der Waals surface area contributed by atoms with Gasteiger partial charge in [-0.2, -0.15) is 0 Å². The second-order valence-electron chi connectivity index (χ2n) is 5.90. The minimum atomic E-state index is 0.927. The van der Waals surface area contributed by atoms with Crippen LogP contribution >= 0.6 is 0 Å². The first-order valence-corrected chi connectivity index (χ1v) is 7.95. The molecule has 0 aliphatic carbocycles. The highest BCUT2D eigenvalue weighted by Crippen LogP contribution is 2.19. The molecular weight excluding hydrogens is 282 g/mol. The summed E-state index contributed by atoms with van der Waals surface area (Å²) in [6.45, 7) is 3.04. The first kappa shape index (κ1) is 13.8. The Kier molecular flexibility index (Phi) is 3.46. The monoisotopic (exact) mass is 301 g/mol. The van der Waals surface area contributed by atoms with Crippen LogP contribution < -0.4 is 0 Å². The molecule has 23 heavy (non-hydrogen) atoms. The number of nitrogens with zero attached hydrogens (tertiary/aromatic N) is 2. The smallest absolute Gasteiger partial charge is 0.137 e. The molecule has 0 saturated carbocycles. The van der Waals surface area contributed by atoms with Gasteiger partial charge in [-0.15, -0.1) is 0 Å². The maximum absolute atomic E-state index is 4.78. The second-order valence-corrected chi connectivity index (χ2v) is 5.90. The highest BCUT2D eigenvalue weighted by molar-refractivity contribution is 5.82. The number of hydrogen-bond donors (Lipinski definition) is 1. The molecule has 2 heterocycles. The zero-order valence-electron chi connectivity index (χ0n) is 13.2. The molecule has 0 atom stereocenters. The zero-order chi connectivity index (χ0) is 15.6. The van der Waals surface area contributed by atoms with Gasteiger partial charge in [0.05, 0.1) is 5.69 Å². The van der Waals surface area contributed by atoms with Crippen molar-refractivity contribution in [3.63, 3.8) is 0 Å². The van der Waals surface area contributed by atoms with Gasteiger partial charge in [0.2, 0.25) is 0 Å². The van der Waals surface area contributed by atoms with Crippen LogP contribution in [0.15, 0.2) is 67.0 Å². The maximum Gasteiger partial charge on any atom is 0.137 e. The molecule has 4 rings (SSSR count). The van der Waals surface area contributed by atoms with E-state index in [0.717, 1.165) is 35.7 Å². The van der Waals surface area contributed by atoms with Crippen LogP contribution in [0.3, 0.4) is 0 Å². The third-order valence-electron chi connectivity index (χ3n) is 4.25. The van der Waals surface area contributed by atoms with Crippen molar-refractivity contribution in [1.29, 1.82) is 0 Å². The summed E-state index contributed by atoms with van der Waals surface area (Å²) in [7, 11) is 0. The van der Waals surface area contributed by atoms with E-state index < -0.39 is 0 Å². The fourth-order valence-corrected chi connectivity index (χ4v) is 2.98. The molecule has 0 bridgehead atoms.